The van der Waals surface area contributed by atoms with Crippen LogP contribution in [0.25, 0.3) is 0 Å². The van der Waals surface area contributed by atoms with Gasteiger partial charge in [0, 0.05) is 6.04 Å². The number of fused-ring (bicyclic) bond motifs is 1. The molecule has 3 fully saturated rings. The number of aliphatic hydroxyl groups is 1. The third kappa shape index (κ3) is 1.84. The van der Waals surface area contributed by atoms with Crippen molar-refractivity contribution in [1.82, 2.24) is 4.90 Å². The van der Waals surface area contributed by atoms with Crippen molar-refractivity contribution in [2.75, 3.05) is 13.1 Å². The van der Waals surface area contributed by atoms with Crippen LogP contribution in [0.4, 0.5) is 0 Å². The Kier molecular flexibility index (Phi) is 2.61. The lowest BCUT2D eigenvalue weighted by molar-refractivity contribution is -0.0680. The Hall–Kier alpha value is -0.0800. The SMILES string of the molecule is CC1(C)[C@@H]2C[C@H](N3CCCCC3)[C@@](C)(O)C[C@@H]21. The molecule has 1 aliphatic heterocycles. The fourth-order valence-corrected chi connectivity index (χ4v) is 4.58. The number of piperidine rings is 1. The molecule has 0 aromatic heterocycles. The van der Waals surface area contributed by atoms with Crippen molar-refractivity contribution in [3.63, 3.8) is 0 Å². The molecule has 17 heavy (non-hydrogen) atoms. The quantitative estimate of drug-likeness (QED) is 0.758. The van der Waals surface area contributed by atoms with Gasteiger partial charge in [0.1, 0.15) is 0 Å². The first kappa shape index (κ1) is 12.0. The van der Waals surface area contributed by atoms with Crippen LogP contribution in [0.15, 0.2) is 0 Å². The van der Waals surface area contributed by atoms with E-state index in [1.807, 2.05) is 0 Å². The zero-order valence-electron chi connectivity index (χ0n) is 11.6. The van der Waals surface area contributed by atoms with E-state index in [2.05, 4.69) is 25.7 Å². The summed E-state index contributed by atoms with van der Waals surface area (Å²) in [6.07, 6.45) is 6.27. The van der Waals surface area contributed by atoms with E-state index in [4.69, 9.17) is 0 Å². The van der Waals surface area contributed by atoms with Gasteiger partial charge in [-0.1, -0.05) is 20.3 Å². The fraction of sp³-hybridized carbons (Fsp3) is 1.00. The number of hydrogen-bond acceptors (Lipinski definition) is 2. The van der Waals surface area contributed by atoms with Gasteiger partial charge in [0.25, 0.3) is 0 Å². The Labute approximate surface area is 105 Å². The summed E-state index contributed by atoms with van der Waals surface area (Å²) in [6.45, 7) is 9.27. The van der Waals surface area contributed by atoms with Crippen LogP contribution in [-0.4, -0.2) is 34.7 Å². The molecule has 2 saturated carbocycles. The molecule has 0 bridgehead atoms. The zero-order chi connectivity index (χ0) is 12.3. The molecule has 0 unspecified atom stereocenters. The predicted molar refractivity (Wildman–Crippen MR) is 69.8 cm³/mol. The number of likely N-dealkylation sites (tertiary alicyclic amines) is 1. The topological polar surface area (TPSA) is 23.5 Å². The van der Waals surface area contributed by atoms with E-state index in [0.717, 1.165) is 18.3 Å². The second kappa shape index (κ2) is 3.71. The van der Waals surface area contributed by atoms with Crippen molar-refractivity contribution < 1.29 is 5.11 Å². The van der Waals surface area contributed by atoms with Crippen LogP contribution in [-0.2, 0) is 0 Å². The lowest BCUT2D eigenvalue weighted by Crippen LogP contribution is -2.54. The van der Waals surface area contributed by atoms with Crippen LogP contribution in [0.3, 0.4) is 0 Å². The van der Waals surface area contributed by atoms with Crippen molar-refractivity contribution in [3.8, 4) is 0 Å². The molecule has 0 aromatic carbocycles. The van der Waals surface area contributed by atoms with Gasteiger partial charge in [0.2, 0.25) is 0 Å². The zero-order valence-corrected chi connectivity index (χ0v) is 11.6. The number of hydrogen-bond donors (Lipinski definition) is 1. The highest BCUT2D eigenvalue weighted by Gasteiger charge is 2.64. The number of rotatable bonds is 1. The van der Waals surface area contributed by atoms with Gasteiger partial charge in [-0.3, -0.25) is 4.90 Å². The molecule has 3 aliphatic rings. The van der Waals surface area contributed by atoms with Gasteiger partial charge in [-0.25, -0.2) is 0 Å². The maximum absolute atomic E-state index is 10.8. The maximum atomic E-state index is 10.8. The average molecular weight is 237 g/mol. The van der Waals surface area contributed by atoms with Gasteiger partial charge in [-0.05, 0) is 62.9 Å². The molecule has 0 aromatic rings. The van der Waals surface area contributed by atoms with Crippen molar-refractivity contribution in [1.29, 1.82) is 0 Å². The smallest absolute Gasteiger partial charge is 0.0777 e. The molecule has 0 radical (unpaired) electrons. The Morgan fingerprint density at radius 1 is 1.00 bits per heavy atom. The molecule has 1 N–H and O–H groups in total. The molecular formula is C15H27NO. The first-order valence-electron chi connectivity index (χ1n) is 7.39. The summed E-state index contributed by atoms with van der Waals surface area (Å²) in [5.41, 5.74) is 0.0425. The third-order valence-electron chi connectivity index (χ3n) is 5.95. The molecule has 4 atom stereocenters. The molecule has 2 aliphatic carbocycles. The van der Waals surface area contributed by atoms with E-state index in [1.54, 1.807) is 0 Å². The van der Waals surface area contributed by atoms with Crippen molar-refractivity contribution >= 4 is 0 Å². The summed E-state index contributed by atoms with van der Waals surface area (Å²) in [5.74, 6) is 1.65. The van der Waals surface area contributed by atoms with E-state index >= 15 is 0 Å². The minimum Gasteiger partial charge on any atom is -0.389 e. The summed E-state index contributed by atoms with van der Waals surface area (Å²) < 4.78 is 0. The highest BCUT2D eigenvalue weighted by Crippen LogP contribution is 2.66. The van der Waals surface area contributed by atoms with Crippen molar-refractivity contribution in [2.45, 2.75) is 64.5 Å². The molecule has 0 spiro atoms. The van der Waals surface area contributed by atoms with E-state index in [0.29, 0.717) is 11.5 Å². The minimum absolute atomic E-state index is 0.422. The largest absolute Gasteiger partial charge is 0.389 e. The fourth-order valence-electron chi connectivity index (χ4n) is 4.58. The van der Waals surface area contributed by atoms with Gasteiger partial charge in [0.05, 0.1) is 5.60 Å². The van der Waals surface area contributed by atoms with E-state index in [-0.39, 0.29) is 0 Å². The molecule has 1 heterocycles. The van der Waals surface area contributed by atoms with Gasteiger partial charge in [0.15, 0.2) is 0 Å². The summed E-state index contributed by atoms with van der Waals surface area (Å²) in [6, 6.07) is 0.422. The monoisotopic (exact) mass is 237 g/mol. The van der Waals surface area contributed by atoms with E-state index in [9.17, 15) is 5.11 Å². The average Bonchev–Trinajstić information content (AvgIpc) is 2.78. The Morgan fingerprint density at radius 3 is 2.29 bits per heavy atom. The standard InChI is InChI=1S/C15H27NO/c1-14(2)11-9-13(15(3,17)10-12(11)14)16-7-5-4-6-8-16/h11-13,17H,4-10H2,1-3H3/t11-,12+,13+,15+/m1/s1. The Morgan fingerprint density at radius 2 is 1.65 bits per heavy atom. The second-order valence-corrected chi connectivity index (χ2v) is 7.44. The normalized spacial score (nSPS) is 49.8. The lowest BCUT2D eigenvalue weighted by Gasteiger charge is -2.45. The summed E-state index contributed by atoms with van der Waals surface area (Å²) in [4.78, 5) is 2.58. The van der Waals surface area contributed by atoms with Crippen molar-refractivity contribution in [2.24, 2.45) is 17.3 Å². The molecule has 0 amide bonds. The minimum atomic E-state index is -0.452. The van der Waals surface area contributed by atoms with Crippen LogP contribution in [0.1, 0.15) is 52.9 Å². The van der Waals surface area contributed by atoms with Gasteiger partial charge < -0.3 is 5.11 Å². The summed E-state index contributed by atoms with van der Waals surface area (Å²) >= 11 is 0. The first-order valence-corrected chi connectivity index (χ1v) is 7.39. The van der Waals surface area contributed by atoms with E-state index < -0.39 is 5.60 Å². The molecular weight excluding hydrogens is 210 g/mol. The Balaban J connectivity index is 1.75. The summed E-state index contributed by atoms with van der Waals surface area (Å²) in [5, 5.41) is 10.8. The van der Waals surface area contributed by atoms with Crippen LogP contribution in [0.5, 0.6) is 0 Å². The maximum Gasteiger partial charge on any atom is 0.0777 e. The molecule has 2 nitrogen and oxygen atoms in total. The molecule has 1 saturated heterocycles. The highest BCUT2D eigenvalue weighted by molar-refractivity contribution is 5.14. The third-order valence-corrected chi connectivity index (χ3v) is 5.95. The van der Waals surface area contributed by atoms with Crippen LogP contribution < -0.4 is 0 Å². The molecule has 98 valence electrons. The second-order valence-electron chi connectivity index (χ2n) is 7.44. The summed E-state index contributed by atoms with van der Waals surface area (Å²) in [7, 11) is 0. The highest BCUT2D eigenvalue weighted by atomic mass is 16.3. The van der Waals surface area contributed by atoms with Gasteiger partial charge >= 0.3 is 0 Å². The van der Waals surface area contributed by atoms with Crippen molar-refractivity contribution in [3.05, 3.63) is 0 Å². The Bertz CT molecular complexity index is 304. The first-order chi connectivity index (χ1) is 7.93. The van der Waals surface area contributed by atoms with Gasteiger partial charge in [-0.15, -0.1) is 0 Å². The van der Waals surface area contributed by atoms with Crippen LogP contribution in [0, 0.1) is 17.3 Å². The van der Waals surface area contributed by atoms with Crippen LogP contribution >= 0.6 is 0 Å². The van der Waals surface area contributed by atoms with E-state index in [1.165, 1.54) is 38.8 Å². The predicted octanol–water partition coefficient (Wildman–Crippen LogP) is 2.66. The lowest BCUT2D eigenvalue weighted by atomic mass is 9.80. The molecule has 2 heteroatoms. The number of nitrogens with zero attached hydrogens (tertiary/aromatic N) is 1. The van der Waals surface area contributed by atoms with Gasteiger partial charge in [-0.2, -0.15) is 0 Å². The molecule has 3 rings (SSSR count). The van der Waals surface area contributed by atoms with Crippen LogP contribution in [0.2, 0.25) is 0 Å².